The van der Waals surface area contributed by atoms with Crippen molar-refractivity contribution in [3.63, 3.8) is 0 Å². The summed E-state index contributed by atoms with van der Waals surface area (Å²) >= 11 is 0. The van der Waals surface area contributed by atoms with E-state index in [-0.39, 0.29) is 5.91 Å². The van der Waals surface area contributed by atoms with Gasteiger partial charge in [-0.3, -0.25) is 4.79 Å². The molecule has 0 spiro atoms. The molecule has 0 aliphatic carbocycles. The number of unbranched alkanes of at least 4 members (excludes halogenated alkanes) is 1. The zero-order chi connectivity index (χ0) is 24.4. The second kappa shape index (κ2) is 16.4. The molecule has 1 heterocycles. The van der Waals surface area contributed by atoms with E-state index >= 15 is 0 Å². The van der Waals surface area contributed by atoms with E-state index in [0.29, 0.717) is 69.5 Å². The molecule has 11 nitrogen and oxygen atoms in total. The number of rotatable bonds is 18. The summed E-state index contributed by atoms with van der Waals surface area (Å²) in [5.41, 5.74) is 6.63. The molecule has 0 aliphatic rings. The number of aromatic nitrogens is 3. The summed E-state index contributed by atoms with van der Waals surface area (Å²) in [4.78, 5) is 25.5. The standard InChI is InChI=1S/C23H36N8O3/c1-3-5-12-27-22-29-21(26-11-4-2)30-23(31-22)28-19-8-6-18(7-9-19)20(32)25-13-15-34-17-16-33-14-10-24/h4,6-9H,2-3,5,10-17,24H2,1H3,(H,25,32)(H3,26,27,28,29,30,31). The molecular weight excluding hydrogens is 436 g/mol. The molecule has 0 aliphatic heterocycles. The van der Waals surface area contributed by atoms with Crippen molar-refractivity contribution in [3.05, 3.63) is 42.5 Å². The zero-order valence-corrected chi connectivity index (χ0v) is 19.8. The third kappa shape index (κ3) is 10.6. The number of anilines is 4. The largest absolute Gasteiger partial charge is 0.378 e. The smallest absolute Gasteiger partial charge is 0.251 e. The second-order valence-corrected chi connectivity index (χ2v) is 7.23. The lowest BCUT2D eigenvalue weighted by atomic mass is 10.2. The number of ether oxygens (including phenoxy) is 2. The van der Waals surface area contributed by atoms with Gasteiger partial charge < -0.3 is 36.5 Å². The van der Waals surface area contributed by atoms with Crippen LogP contribution in [0.4, 0.5) is 23.5 Å². The van der Waals surface area contributed by atoms with Crippen LogP contribution >= 0.6 is 0 Å². The van der Waals surface area contributed by atoms with Crippen molar-refractivity contribution in [2.24, 2.45) is 5.73 Å². The molecule has 1 aromatic carbocycles. The van der Waals surface area contributed by atoms with E-state index in [0.717, 1.165) is 25.1 Å². The van der Waals surface area contributed by atoms with Gasteiger partial charge in [-0.25, -0.2) is 0 Å². The average molecular weight is 473 g/mol. The molecular formula is C23H36N8O3. The SMILES string of the molecule is C=CCNc1nc(NCCCC)nc(Nc2ccc(C(=O)NCCOCCOCCN)cc2)n1. The molecule has 0 atom stereocenters. The molecule has 0 fully saturated rings. The number of hydrogen-bond donors (Lipinski definition) is 5. The summed E-state index contributed by atoms with van der Waals surface area (Å²) in [5, 5.41) is 12.3. The lowest BCUT2D eigenvalue weighted by Gasteiger charge is -2.11. The van der Waals surface area contributed by atoms with Gasteiger partial charge in [0.25, 0.3) is 5.91 Å². The van der Waals surface area contributed by atoms with Crippen molar-refractivity contribution in [1.82, 2.24) is 20.3 Å². The van der Waals surface area contributed by atoms with E-state index in [1.165, 1.54) is 0 Å². The predicted octanol–water partition coefficient (Wildman–Crippen LogP) is 2.15. The highest BCUT2D eigenvalue weighted by Crippen LogP contribution is 2.17. The Morgan fingerprint density at radius 2 is 1.65 bits per heavy atom. The van der Waals surface area contributed by atoms with Crippen LogP contribution in [0.25, 0.3) is 0 Å². The number of amides is 1. The Morgan fingerprint density at radius 1 is 0.971 bits per heavy atom. The summed E-state index contributed by atoms with van der Waals surface area (Å²) in [6.07, 6.45) is 3.82. The van der Waals surface area contributed by atoms with E-state index in [1.807, 2.05) is 0 Å². The minimum atomic E-state index is -0.173. The van der Waals surface area contributed by atoms with Crippen molar-refractivity contribution in [1.29, 1.82) is 0 Å². The molecule has 1 aromatic heterocycles. The van der Waals surface area contributed by atoms with Gasteiger partial charge in [-0.15, -0.1) is 6.58 Å². The minimum absolute atomic E-state index is 0.173. The monoisotopic (exact) mass is 472 g/mol. The van der Waals surface area contributed by atoms with Crippen LogP contribution in [-0.2, 0) is 9.47 Å². The molecule has 2 aromatic rings. The Hall–Kier alpha value is -3.28. The summed E-state index contributed by atoms with van der Waals surface area (Å²) in [5.74, 6) is 1.15. The highest BCUT2D eigenvalue weighted by Gasteiger charge is 2.08. The highest BCUT2D eigenvalue weighted by atomic mass is 16.5. The Kier molecular flexibility index (Phi) is 13.0. The molecule has 0 saturated carbocycles. The lowest BCUT2D eigenvalue weighted by molar-refractivity contribution is 0.0511. The summed E-state index contributed by atoms with van der Waals surface area (Å²) in [7, 11) is 0. The van der Waals surface area contributed by atoms with Crippen molar-refractivity contribution in [2.45, 2.75) is 19.8 Å². The lowest BCUT2D eigenvalue weighted by Crippen LogP contribution is -2.27. The van der Waals surface area contributed by atoms with Crippen LogP contribution in [0.1, 0.15) is 30.1 Å². The van der Waals surface area contributed by atoms with Gasteiger partial charge in [0.1, 0.15) is 0 Å². The van der Waals surface area contributed by atoms with Crippen LogP contribution in [0.3, 0.4) is 0 Å². The van der Waals surface area contributed by atoms with E-state index in [4.69, 9.17) is 15.2 Å². The van der Waals surface area contributed by atoms with Gasteiger partial charge in [-0.1, -0.05) is 19.4 Å². The van der Waals surface area contributed by atoms with Gasteiger partial charge in [0.15, 0.2) is 0 Å². The number of nitrogens with two attached hydrogens (primary N) is 1. The molecule has 0 unspecified atom stereocenters. The maximum absolute atomic E-state index is 12.3. The fourth-order valence-corrected chi connectivity index (χ4v) is 2.71. The van der Waals surface area contributed by atoms with Gasteiger partial charge in [0, 0.05) is 37.4 Å². The first-order chi connectivity index (χ1) is 16.7. The van der Waals surface area contributed by atoms with Crippen LogP contribution in [0.5, 0.6) is 0 Å². The molecule has 1 amide bonds. The quantitative estimate of drug-likeness (QED) is 0.161. The van der Waals surface area contributed by atoms with Crippen LogP contribution in [0.15, 0.2) is 36.9 Å². The zero-order valence-electron chi connectivity index (χ0n) is 19.8. The van der Waals surface area contributed by atoms with E-state index < -0.39 is 0 Å². The third-order valence-electron chi connectivity index (χ3n) is 4.42. The Labute approximate surface area is 200 Å². The van der Waals surface area contributed by atoms with Crippen LogP contribution < -0.4 is 27.0 Å². The summed E-state index contributed by atoms with van der Waals surface area (Å²) in [6.45, 7) is 9.92. The fourth-order valence-electron chi connectivity index (χ4n) is 2.71. The van der Waals surface area contributed by atoms with Crippen molar-refractivity contribution < 1.29 is 14.3 Å². The number of nitrogens with zero attached hydrogens (tertiary/aromatic N) is 3. The molecule has 6 N–H and O–H groups in total. The molecule has 0 bridgehead atoms. The van der Waals surface area contributed by atoms with Gasteiger partial charge in [0.05, 0.1) is 26.4 Å². The topological polar surface area (TPSA) is 148 Å². The van der Waals surface area contributed by atoms with Crippen molar-refractivity contribution in [2.75, 3.05) is 68.6 Å². The van der Waals surface area contributed by atoms with Crippen LogP contribution in [-0.4, -0.2) is 73.5 Å². The maximum Gasteiger partial charge on any atom is 0.251 e. The normalized spacial score (nSPS) is 10.5. The Bertz CT molecular complexity index is 864. The molecule has 2 rings (SSSR count). The van der Waals surface area contributed by atoms with Gasteiger partial charge >= 0.3 is 0 Å². The first-order valence-corrected chi connectivity index (χ1v) is 11.5. The van der Waals surface area contributed by atoms with Gasteiger partial charge in [-0.2, -0.15) is 15.0 Å². The second-order valence-electron chi connectivity index (χ2n) is 7.23. The highest BCUT2D eigenvalue weighted by molar-refractivity contribution is 5.94. The molecule has 11 heteroatoms. The summed E-state index contributed by atoms with van der Waals surface area (Å²) < 4.78 is 10.6. The maximum atomic E-state index is 12.3. The molecule has 0 radical (unpaired) electrons. The molecule has 34 heavy (non-hydrogen) atoms. The first-order valence-electron chi connectivity index (χ1n) is 11.5. The van der Waals surface area contributed by atoms with Gasteiger partial charge in [0.2, 0.25) is 17.8 Å². The van der Waals surface area contributed by atoms with Gasteiger partial charge in [-0.05, 0) is 30.7 Å². The summed E-state index contributed by atoms with van der Waals surface area (Å²) in [6, 6.07) is 7.06. The first kappa shape index (κ1) is 27.0. The number of hydrogen-bond acceptors (Lipinski definition) is 10. The van der Waals surface area contributed by atoms with Crippen LogP contribution in [0, 0.1) is 0 Å². The molecule has 0 saturated heterocycles. The average Bonchev–Trinajstić information content (AvgIpc) is 2.85. The minimum Gasteiger partial charge on any atom is -0.378 e. The number of benzene rings is 1. The van der Waals surface area contributed by atoms with E-state index in [1.54, 1.807) is 30.3 Å². The Morgan fingerprint density at radius 3 is 2.32 bits per heavy atom. The fraction of sp³-hybridized carbons (Fsp3) is 0.478. The van der Waals surface area contributed by atoms with E-state index in [2.05, 4.69) is 49.7 Å². The van der Waals surface area contributed by atoms with Crippen LogP contribution in [0.2, 0.25) is 0 Å². The van der Waals surface area contributed by atoms with Crippen molar-refractivity contribution in [3.8, 4) is 0 Å². The van der Waals surface area contributed by atoms with E-state index in [9.17, 15) is 4.79 Å². The molecule has 186 valence electrons. The number of carbonyl (C=O) groups excluding carboxylic acids is 1. The van der Waals surface area contributed by atoms with Crippen molar-refractivity contribution >= 4 is 29.4 Å². The number of carbonyl (C=O) groups is 1. The predicted molar refractivity (Wildman–Crippen MR) is 135 cm³/mol. The third-order valence-corrected chi connectivity index (χ3v) is 4.42. The Balaban J connectivity index is 1.87. The number of nitrogens with one attached hydrogen (secondary N) is 4.